The van der Waals surface area contributed by atoms with E-state index >= 15 is 8.78 Å². The van der Waals surface area contributed by atoms with Crippen molar-refractivity contribution in [1.29, 1.82) is 0 Å². The van der Waals surface area contributed by atoms with E-state index in [4.69, 9.17) is 9.97 Å². The fraction of sp³-hybridized carbons (Fsp3) is 0.429. The van der Waals surface area contributed by atoms with Gasteiger partial charge >= 0.3 is 0 Å². The molecule has 4 nitrogen and oxygen atoms in total. The summed E-state index contributed by atoms with van der Waals surface area (Å²) in [5.74, 6) is -5.74. The Hall–Kier alpha value is -3.82. The number of nitrogens with zero attached hydrogens (tertiary/aromatic N) is 4. The molecule has 0 saturated heterocycles. The zero-order valence-corrected chi connectivity index (χ0v) is 25.2. The quantitative estimate of drug-likeness (QED) is 0.145. The number of halogens is 6. The van der Waals surface area contributed by atoms with E-state index in [0.717, 1.165) is 87.8 Å². The summed E-state index contributed by atoms with van der Waals surface area (Å²) in [6.45, 7) is 4.30. The van der Waals surface area contributed by atoms with Crippen LogP contribution in [0.25, 0.3) is 22.5 Å². The molecule has 2 saturated carbocycles. The molecule has 45 heavy (non-hydrogen) atoms. The zero-order valence-electron chi connectivity index (χ0n) is 25.2. The standard InChI is InChI=1S/C35H34F6N4/c1-33(11-3-4-12-33)19-35(20-34(2)13-5-6-14-34,27-17-21(36)15-25(42-27)23-7-9-29(38)44-31(23)40)28-18-22(37)16-26(43-28)24-8-10-30(39)45-32(24)41/h7-10,15-18H,3-6,11-14,19-20H2,1-2H3. The Kier molecular flexibility index (Phi) is 8.20. The van der Waals surface area contributed by atoms with Crippen LogP contribution in [0, 0.1) is 46.3 Å². The molecule has 4 heterocycles. The van der Waals surface area contributed by atoms with Gasteiger partial charge in [0.05, 0.1) is 39.3 Å². The molecule has 0 spiro atoms. The minimum Gasteiger partial charge on any atom is -0.251 e. The van der Waals surface area contributed by atoms with E-state index < -0.39 is 40.8 Å². The van der Waals surface area contributed by atoms with Crippen LogP contribution >= 0.6 is 0 Å². The predicted molar refractivity (Wildman–Crippen MR) is 158 cm³/mol. The van der Waals surface area contributed by atoms with Crippen molar-refractivity contribution in [1.82, 2.24) is 19.9 Å². The van der Waals surface area contributed by atoms with Gasteiger partial charge in [0.15, 0.2) is 0 Å². The summed E-state index contributed by atoms with van der Waals surface area (Å²) in [4.78, 5) is 16.1. The number of hydrogen-bond acceptors (Lipinski definition) is 4. The molecule has 0 atom stereocenters. The first kappa shape index (κ1) is 31.2. The Bertz CT molecular complexity index is 1600. The lowest BCUT2D eigenvalue weighted by molar-refractivity contribution is 0.163. The van der Waals surface area contributed by atoms with Gasteiger partial charge in [-0.25, -0.2) is 8.78 Å². The molecule has 0 unspecified atom stereocenters. The van der Waals surface area contributed by atoms with Crippen molar-refractivity contribution in [2.75, 3.05) is 0 Å². The van der Waals surface area contributed by atoms with Gasteiger partial charge in [-0.05, 0) is 85.8 Å². The van der Waals surface area contributed by atoms with Crippen molar-refractivity contribution in [3.8, 4) is 22.5 Å². The summed E-state index contributed by atoms with van der Waals surface area (Å²) in [6, 6.07) is 8.94. The van der Waals surface area contributed by atoms with Crippen molar-refractivity contribution >= 4 is 0 Å². The zero-order chi connectivity index (χ0) is 32.0. The molecule has 0 radical (unpaired) electrons. The van der Waals surface area contributed by atoms with E-state index in [-0.39, 0.29) is 44.7 Å². The first-order valence-corrected chi connectivity index (χ1v) is 15.4. The van der Waals surface area contributed by atoms with Gasteiger partial charge in [-0.15, -0.1) is 0 Å². The molecule has 0 N–H and O–H groups in total. The number of hydrogen-bond donors (Lipinski definition) is 0. The van der Waals surface area contributed by atoms with Gasteiger partial charge < -0.3 is 0 Å². The van der Waals surface area contributed by atoms with Crippen molar-refractivity contribution in [3.63, 3.8) is 0 Å². The van der Waals surface area contributed by atoms with Gasteiger partial charge in [-0.2, -0.15) is 27.5 Å². The molecular weight excluding hydrogens is 590 g/mol. The summed E-state index contributed by atoms with van der Waals surface area (Å²) in [6.07, 6.45) is 8.33. The number of aromatic nitrogens is 4. The summed E-state index contributed by atoms with van der Waals surface area (Å²) >= 11 is 0. The monoisotopic (exact) mass is 624 g/mol. The highest BCUT2D eigenvalue weighted by atomic mass is 19.2. The van der Waals surface area contributed by atoms with Gasteiger partial charge in [0.2, 0.25) is 23.8 Å². The Morgan fingerprint density at radius 2 is 0.933 bits per heavy atom. The van der Waals surface area contributed by atoms with E-state index in [9.17, 15) is 17.6 Å². The number of pyridine rings is 4. The van der Waals surface area contributed by atoms with Gasteiger partial charge in [-0.1, -0.05) is 39.5 Å². The van der Waals surface area contributed by atoms with Gasteiger partial charge in [-0.3, -0.25) is 9.97 Å². The molecule has 10 heteroatoms. The second-order valence-electron chi connectivity index (χ2n) is 13.5. The van der Waals surface area contributed by atoms with Crippen molar-refractivity contribution in [2.24, 2.45) is 10.8 Å². The molecule has 0 aliphatic heterocycles. The minimum atomic E-state index is -1.19. The molecule has 0 aromatic carbocycles. The van der Waals surface area contributed by atoms with Crippen LogP contribution in [0.1, 0.15) is 89.4 Å². The van der Waals surface area contributed by atoms with Crippen LogP contribution in [0.5, 0.6) is 0 Å². The fourth-order valence-electron chi connectivity index (χ4n) is 7.79. The highest BCUT2D eigenvalue weighted by Crippen LogP contribution is 2.56. The molecule has 236 valence electrons. The summed E-state index contributed by atoms with van der Waals surface area (Å²) in [7, 11) is 0. The summed E-state index contributed by atoms with van der Waals surface area (Å²) in [5.41, 5.74) is -1.77. The van der Waals surface area contributed by atoms with Crippen molar-refractivity contribution in [3.05, 3.63) is 95.3 Å². The third kappa shape index (κ3) is 6.33. The third-order valence-electron chi connectivity index (χ3n) is 9.82. The Labute approximate surface area is 258 Å². The molecular formula is C35H34F6N4. The van der Waals surface area contributed by atoms with Crippen molar-refractivity contribution < 1.29 is 26.3 Å². The van der Waals surface area contributed by atoms with Gasteiger partial charge in [0.1, 0.15) is 11.6 Å². The Morgan fingerprint density at radius 1 is 0.556 bits per heavy atom. The molecule has 2 fully saturated rings. The molecule has 2 aliphatic rings. The highest BCUT2D eigenvalue weighted by Gasteiger charge is 2.49. The average Bonchev–Trinajstić information content (AvgIpc) is 3.60. The fourth-order valence-corrected chi connectivity index (χ4v) is 7.79. The van der Waals surface area contributed by atoms with E-state index in [2.05, 4.69) is 23.8 Å². The third-order valence-corrected chi connectivity index (χ3v) is 9.82. The lowest BCUT2D eigenvalue weighted by Crippen LogP contribution is -2.40. The predicted octanol–water partition coefficient (Wildman–Crippen LogP) is 9.66. The molecule has 2 aliphatic carbocycles. The average molecular weight is 625 g/mol. The van der Waals surface area contributed by atoms with Gasteiger partial charge in [0, 0.05) is 12.1 Å². The van der Waals surface area contributed by atoms with Crippen LogP contribution in [-0.4, -0.2) is 19.9 Å². The largest absolute Gasteiger partial charge is 0.251 e. The minimum absolute atomic E-state index is 0.0852. The maximum atomic E-state index is 15.7. The van der Waals surface area contributed by atoms with E-state index in [0.29, 0.717) is 12.8 Å². The second kappa shape index (κ2) is 11.8. The highest BCUT2D eigenvalue weighted by molar-refractivity contribution is 5.61. The first-order chi connectivity index (χ1) is 21.4. The van der Waals surface area contributed by atoms with E-state index in [1.54, 1.807) is 0 Å². The Balaban J connectivity index is 1.63. The molecule has 4 aromatic rings. The smallest absolute Gasteiger partial charge is 0.224 e. The molecule has 0 amide bonds. The van der Waals surface area contributed by atoms with E-state index in [1.165, 1.54) is 12.1 Å². The molecule has 4 aromatic heterocycles. The first-order valence-electron chi connectivity index (χ1n) is 15.4. The van der Waals surface area contributed by atoms with Crippen LogP contribution in [0.2, 0.25) is 0 Å². The van der Waals surface area contributed by atoms with E-state index in [1.807, 2.05) is 0 Å². The SMILES string of the molecule is CC1(CC(CC2(C)CCCC2)(c2cc(F)cc(-c3ccc(F)nc3F)n2)c2cc(F)cc(-c3ccc(F)nc3F)n2)CCCC1. The van der Waals surface area contributed by atoms with Crippen LogP contribution < -0.4 is 0 Å². The van der Waals surface area contributed by atoms with Gasteiger partial charge in [0.25, 0.3) is 0 Å². The lowest BCUT2D eigenvalue weighted by atomic mass is 9.60. The van der Waals surface area contributed by atoms with Crippen LogP contribution in [0.4, 0.5) is 26.3 Å². The van der Waals surface area contributed by atoms with Crippen molar-refractivity contribution in [2.45, 2.75) is 83.5 Å². The normalized spacial score (nSPS) is 17.6. The number of rotatable bonds is 8. The topological polar surface area (TPSA) is 51.6 Å². The maximum Gasteiger partial charge on any atom is 0.224 e. The maximum absolute atomic E-state index is 15.7. The van der Waals surface area contributed by atoms with Crippen LogP contribution in [-0.2, 0) is 5.41 Å². The molecule has 6 rings (SSSR count). The van der Waals surface area contributed by atoms with Crippen LogP contribution in [0.15, 0.2) is 48.5 Å². The summed E-state index contributed by atoms with van der Waals surface area (Å²) in [5, 5.41) is 0. The lowest BCUT2D eigenvalue weighted by Gasteiger charge is -2.44. The second-order valence-corrected chi connectivity index (χ2v) is 13.5. The Morgan fingerprint density at radius 3 is 1.29 bits per heavy atom. The van der Waals surface area contributed by atoms with Crippen LogP contribution in [0.3, 0.4) is 0 Å². The summed E-state index contributed by atoms with van der Waals surface area (Å²) < 4.78 is 88.5. The molecule has 0 bridgehead atoms.